The first-order valence-electron chi connectivity index (χ1n) is 4.52. The Balaban J connectivity index is 2.00. The summed E-state index contributed by atoms with van der Waals surface area (Å²) in [7, 11) is 0. The summed E-state index contributed by atoms with van der Waals surface area (Å²) >= 11 is 0. The summed E-state index contributed by atoms with van der Waals surface area (Å²) in [5.41, 5.74) is 5.30. The summed E-state index contributed by atoms with van der Waals surface area (Å²) < 4.78 is 5.13. The summed E-state index contributed by atoms with van der Waals surface area (Å²) in [4.78, 5) is 0. The second kappa shape index (κ2) is 6.04. The number of hydrogen-bond acceptors (Lipinski definition) is 4. The Morgan fingerprint density at radius 2 is 2.50 bits per heavy atom. The van der Waals surface area contributed by atoms with E-state index in [1.165, 1.54) is 0 Å². The van der Waals surface area contributed by atoms with Gasteiger partial charge < -0.3 is 20.7 Å². The van der Waals surface area contributed by atoms with Gasteiger partial charge in [-0.2, -0.15) is 0 Å². The molecule has 78 valence electrons. The molecule has 14 heavy (non-hydrogen) atoms. The second-order valence-electron chi connectivity index (χ2n) is 2.95. The van der Waals surface area contributed by atoms with Crippen LogP contribution in [-0.2, 0) is 6.54 Å². The van der Waals surface area contributed by atoms with Crippen LogP contribution in [0, 0.1) is 0 Å². The molecule has 0 aliphatic heterocycles. The zero-order valence-electron chi connectivity index (χ0n) is 7.94. The molecule has 0 fully saturated rings. The van der Waals surface area contributed by atoms with E-state index in [2.05, 4.69) is 10.5 Å². The van der Waals surface area contributed by atoms with E-state index in [0.717, 1.165) is 18.7 Å². The standard InChI is InChI=1S/C9H15N3O2/c10-9(12-13)4-1-5-11-7-8-3-2-6-14-8/h2-3,6,11,13H,1,4-5,7H2,(H2,10,12). The lowest BCUT2D eigenvalue weighted by molar-refractivity contribution is 0.316. The highest BCUT2D eigenvalue weighted by Crippen LogP contribution is 1.98. The molecule has 1 aromatic heterocycles. The number of nitrogens with two attached hydrogens (primary N) is 1. The maximum absolute atomic E-state index is 8.27. The van der Waals surface area contributed by atoms with Crippen molar-refractivity contribution in [3.05, 3.63) is 24.2 Å². The minimum absolute atomic E-state index is 0.268. The third-order valence-corrected chi connectivity index (χ3v) is 1.79. The fraction of sp³-hybridized carbons (Fsp3) is 0.444. The Morgan fingerprint density at radius 3 is 3.14 bits per heavy atom. The molecule has 5 nitrogen and oxygen atoms in total. The van der Waals surface area contributed by atoms with Crippen molar-refractivity contribution < 1.29 is 9.62 Å². The maximum Gasteiger partial charge on any atom is 0.139 e. The van der Waals surface area contributed by atoms with Gasteiger partial charge in [-0.3, -0.25) is 0 Å². The highest BCUT2D eigenvalue weighted by Gasteiger charge is 1.95. The third kappa shape index (κ3) is 3.95. The van der Waals surface area contributed by atoms with Gasteiger partial charge in [-0.1, -0.05) is 5.16 Å². The Labute approximate surface area is 82.6 Å². The average molecular weight is 197 g/mol. The van der Waals surface area contributed by atoms with Crippen LogP contribution in [0.4, 0.5) is 0 Å². The lowest BCUT2D eigenvalue weighted by Gasteiger charge is -2.01. The molecular formula is C9H15N3O2. The van der Waals surface area contributed by atoms with Crippen LogP contribution in [0.1, 0.15) is 18.6 Å². The molecule has 0 bridgehead atoms. The molecule has 0 aromatic carbocycles. The Bertz CT molecular complexity index is 270. The number of rotatable bonds is 6. The second-order valence-corrected chi connectivity index (χ2v) is 2.95. The summed E-state index contributed by atoms with van der Waals surface area (Å²) in [5, 5.41) is 14.3. The van der Waals surface area contributed by atoms with Gasteiger partial charge in [-0.05, 0) is 25.1 Å². The first-order chi connectivity index (χ1) is 6.83. The lowest BCUT2D eigenvalue weighted by Crippen LogP contribution is -2.18. The predicted octanol–water partition coefficient (Wildman–Crippen LogP) is 0.896. The van der Waals surface area contributed by atoms with Crippen molar-refractivity contribution in [3.8, 4) is 0 Å². The number of hydrogen-bond donors (Lipinski definition) is 3. The predicted molar refractivity (Wildman–Crippen MR) is 53.1 cm³/mol. The SMILES string of the molecule is NC(CCCNCc1ccco1)=NO. The van der Waals surface area contributed by atoms with Gasteiger partial charge >= 0.3 is 0 Å². The van der Waals surface area contributed by atoms with Crippen LogP contribution in [0.25, 0.3) is 0 Å². The fourth-order valence-electron chi connectivity index (χ4n) is 1.07. The number of nitrogens with one attached hydrogen (secondary N) is 1. The molecule has 0 amide bonds. The fourth-order valence-corrected chi connectivity index (χ4v) is 1.07. The van der Waals surface area contributed by atoms with Crippen molar-refractivity contribution >= 4 is 5.84 Å². The lowest BCUT2D eigenvalue weighted by atomic mass is 10.3. The zero-order valence-corrected chi connectivity index (χ0v) is 7.94. The van der Waals surface area contributed by atoms with E-state index in [9.17, 15) is 0 Å². The van der Waals surface area contributed by atoms with Crippen LogP contribution >= 0.6 is 0 Å². The normalized spacial score (nSPS) is 11.9. The maximum atomic E-state index is 8.27. The summed E-state index contributed by atoms with van der Waals surface area (Å²) in [6.45, 7) is 1.53. The number of amidine groups is 1. The number of furan rings is 1. The van der Waals surface area contributed by atoms with Crippen LogP contribution < -0.4 is 11.1 Å². The van der Waals surface area contributed by atoms with Crippen LogP contribution in [-0.4, -0.2) is 17.6 Å². The van der Waals surface area contributed by atoms with Gasteiger partial charge in [-0.15, -0.1) is 0 Å². The van der Waals surface area contributed by atoms with E-state index in [4.69, 9.17) is 15.4 Å². The Kier molecular flexibility index (Phi) is 4.57. The first-order valence-corrected chi connectivity index (χ1v) is 4.52. The largest absolute Gasteiger partial charge is 0.468 e. The summed E-state index contributed by atoms with van der Waals surface area (Å²) in [6.07, 6.45) is 3.09. The monoisotopic (exact) mass is 197 g/mol. The van der Waals surface area contributed by atoms with E-state index in [-0.39, 0.29) is 5.84 Å². The molecule has 0 unspecified atom stereocenters. The van der Waals surface area contributed by atoms with Crippen molar-refractivity contribution in [3.63, 3.8) is 0 Å². The molecule has 4 N–H and O–H groups in total. The van der Waals surface area contributed by atoms with Gasteiger partial charge in [0.1, 0.15) is 11.6 Å². The van der Waals surface area contributed by atoms with Crippen molar-refractivity contribution in [1.29, 1.82) is 0 Å². The quantitative estimate of drug-likeness (QED) is 0.208. The van der Waals surface area contributed by atoms with Gasteiger partial charge in [0, 0.05) is 6.42 Å². The molecule has 0 radical (unpaired) electrons. The van der Waals surface area contributed by atoms with Crippen LogP contribution in [0.15, 0.2) is 28.0 Å². The first kappa shape index (κ1) is 10.6. The van der Waals surface area contributed by atoms with Crippen molar-refractivity contribution in [2.75, 3.05) is 6.54 Å². The van der Waals surface area contributed by atoms with Crippen molar-refractivity contribution in [2.45, 2.75) is 19.4 Å². The van der Waals surface area contributed by atoms with Gasteiger partial charge in [0.25, 0.3) is 0 Å². The smallest absolute Gasteiger partial charge is 0.139 e. The molecule has 0 saturated heterocycles. The minimum Gasteiger partial charge on any atom is -0.468 e. The van der Waals surface area contributed by atoms with E-state index < -0.39 is 0 Å². The van der Waals surface area contributed by atoms with E-state index in [1.807, 2.05) is 12.1 Å². The van der Waals surface area contributed by atoms with E-state index in [0.29, 0.717) is 13.0 Å². The topological polar surface area (TPSA) is 83.8 Å². The van der Waals surface area contributed by atoms with Crippen LogP contribution in [0.2, 0.25) is 0 Å². The number of oxime groups is 1. The van der Waals surface area contributed by atoms with E-state index in [1.54, 1.807) is 6.26 Å². The van der Waals surface area contributed by atoms with Gasteiger partial charge in [0.05, 0.1) is 12.8 Å². The molecule has 1 aromatic rings. The molecule has 0 aliphatic rings. The van der Waals surface area contributed by atoms with Gasteiger partial charge in [0.15, 0.2) is 0 Å². The third-order valence-electron chi connectivity index (χ3n) is 1.79. The Hall–Kier alpha value is -1.49. The minimum atomic E-state index is 0.268. The molecule has 0 aliphatic carbocycles. The molecular weight excluding hydrogens is 182 g/mol. The highest BCUT2D eigenvalue weighted by molar-refractivity contribution is 5.79. The van der Waals surface area contributed by atoms with Crippen LogP contribution in [0.3, 0.4) is 0 Å². The van der Waals surface area contributed by atoms with Crippen LogP contribution in [0.5, 0.6) is 0 Å². The molecule has 0 saturated carbocycles. The van der Waals surface area contributed by atoms with E-state index >= 15 is 0 Å². The highest BCUT2D eigenvalue weighted by atomic mass is 16.4. The zero-order chi connectivity index (χ0) is 10.2. The average Bonchev–Trinajstić information content (AvgIpc) is 2.69. The van der Waals surface area contributed by atoms with Gasteiger partial charge in [-0.25, -0.2) is 0 Å². The molecule has 1 heterocycles. The Morgan fingerprint density at radius 1 is 1.64 bits per heavy atom. The molecule has 0 atom stereocenters. The van der Waals surface area contributed by atoms with Crippen molar-refractivity contribution in [2.24, 2.45) is 10.9 Å². The summed E-state index contributed by atoms with van der Waals surface area (Å²) in [6, 6.07) is 3.77. The molecule has 5 heteroatoms. The van der Waals surface area contributed by atoms with Gasteiger partial charge in [0.2, 0.25) is 0 Å². The number of nitrogens with zero attached hydrogens (tertiary/aromatic N) is 1. The summed E-state index contributed by atoms with van der Waals surface area (Å²) in [5.74, 6) is 1.18. The molecule has 1 rings (SSSR count). The van der Waals surface area contributed by atoms with Crippen molar-refractivity contribution in [1.82, 2.24) is 5.32 Å². The molecule has 0 spiro atoms.